The number of aromatic carboxylic acids is 1. The number of likely N-dealkylation sites (tertiary alicyclic amines) is 1. The standard InChI is InChI=1S/C17H19N3O2/c21-17(22)14-5-3-13(4-6-14)10-20-9-1-2-15(11-20)16-7-8-18-12-19-16/h3-8,12,15H,1-2,9-11H2,(H,21,22). The number of hydrogen-bond acceptors (Lipinski definition) is 4. The van der Waals surface area contributed by atoms with Gasteiger partial charge in [0.05, 0.1) is 5.56 Å². The van der Waals surface area contributed by atoms with Gasteiger partial charge in [-0.25, -0.2) is 14.8 Å². The van der Waals surface area contributed by atoms with E-state index in [0.717, 1.165) is 43.7 Å². The third-order valence-electron chi connectivity index (χ3n) is 4.14. The highest BCUT2D eigenvalue weighted by molar-refractivity contribution is 5.87. The lowest BCUT2D eigenvalue weighted by Gasteiger charge is -2.32. The van der Waals surface area contributed by atoms with E-state index in [2.05, 4.69) is 14.9 Å². The van der Waals surface area contributed by atoms with Crippen molar-refractivity contribution in [2.45, 2.75) is 25.3 Å². The summed E-state index contributed by atoms with van der Waals surface area (Å²) in [7, 11) is 0. The molecule has 0 bridgehead atoms. The summed E-state index contributed by atoms with van der Waals surface area (Å²) in [6, 6.07) is 9.14. The minimum Gasteiger partial charge on any atom is -0.478 e. The molecule has 0 amide bonds. The summed E-state index contributed by atoms with van der Waals surface area (Å²) in [5.74, 6) is -0.427. The van der Waals surface area contributed by atoms with Crippen LogP contribution in [0.3, 0.4) is 0 Å². The van der Waals surface area contributed by atoms with Crippen molar-refractivity contribution in [2.24, 2.45) is 0 Å². The van der Waals surface area contributed by atoms with Crippen molar-refractivity contribution in [1.82, 2.24) is 14.9 Å². The minimum absolute atomic E-state index is 0.334. The Balaban J connectivity index is 1.64. The molecule has 1 fully saturated rings. The highest BCUT2D eigenvalue weighted by Gasteiger charge is 2.22. The van der Waals surface area contributed by atoms with E-state index in [1.807, 2.05) is 18.2 Å². The number of hydrogen-bond donors (Lipinski definition) is 1. The molecule has 5 heteroatoms. The smallest absolute Gasteiger partial charge is 0.335 e. The Morgan fingerprint density at radius 2 is 2.09 bits per heavy atom. The fourth-order valence-electron chi connectivity index (χ4n) is 2.99. The summed E-state index contributed by atoms with van der Waals surface area (Å²) in [6.45, 7) is 2.90. The summed E-state index contributed by atoms with van der Waals surface area (Å²) in [5.41, 5.74) is 2.59. The fraction of sp³-hybridized carbons (Fsp3) is 0.353. The summed E-state index contributed by atoms with van der Waals surface area (Å²) in [6.07, 6.45) is 5.72. The van der Waals surface area contributed by atoms with Crippen LogP contribution >= 0.6 is 0 Å². The van der Waals surface area contributed by atoms with Crippen LogP contribution in [0.1, 0.15) is 40.4 Å². The number of carboxylic acid groups (broad SMARTS) is 1. The first kappa shape index (κ1) is 14.7. The van der Waals surface area contributed by atoms with E-state index in [9.17, 15) is 4.79 Å². The molecule has 1 aliphatic rings. The maximum absolute atomic E-state index is 10.9. The van der Waals surface area contributed by atoms with E-state index >= 15 is 0 Å². The second kappa shape index (κ2) is 6.66. The molecule has 1 unspecified atom stereocenters. The molecule has 1 atom stereocenters. The van der Waals surface area contributed by atoms with Gasteiger partial charge in [-0.15, -0.1) is 0 Å². The second-order valence-electron chi connectivity index (χ2n) is 5.71. The molecule has 5 nitrogen and oxygen atoms in total. The number of nitrogens with zero attached hydrogens (tertiary/aromatic N) is 3. The van der Waals surface area contributed by atoms with Gasteiger partial charge >= 0.3 is 5.97 Å². The topological polar surface area (TPSA) is 66.3 Å². The highest BCUT2D eigenvalue weighted by Crippen LogP contribution is 2.26. The maximum Gasteiger partial charge on any atom is 0.335 e. The fourth-order valence-corrected chi connectivity index (χ4v) is 2.99. The van der Waals surface area contributed by atoms with Crippen molar-refractivity contribution >= 4 is 5.97 Å². The monoisotopic (exact) mass is 297 g/mol. The molecular formula is C17H19N3O2. The second-order valence-corrected chi connectivity index (χ2v) is 5.71. The first-order chi connectivity index (χ1) is 10.7. The van der Waals surface area contributed by atoms with Crippen LogP contribution in [0, 0.1) is 0 Å². The molecule has 1 aromatic carbocycles. The first-order valence-electron chi connectivity index (χ1n) is 7.53. The van der Waals surface area contributed by atoms with Gasteiger partial charge in [0.2, 0.25) is 0 Å². The van der Waals surface area contributed by atoms with Gasteiger partial charge in [0.15, 0.2) is 0 Å². The quantitative estimate of drug-likeness (QED) is 0.939. The van der Waals surface area contributed by atoms with Crippen LogP contribution < -0.4 is 0 Å². The Kier molecular flexibility index (Phi) is 4.44. The Hall–Kier alpha value is -2.27. The van der Waals surface area contributed by atoms with E-state index in [-0.39, 0.29) is 0 Å². The average Bonchev–Trinajstić information content (AvgIpc) is 2.56. The number of carbonyl (C=O) groups is 1. The molecule has 0 spiro atoms. The molecule has 1 saturated heterocycles. The summed E-state index contributed by atoms with van der Waals surface area (Å²) in [4.78, 5) is 21.6. The minimum atomic E-state index is -0.881. The normalized spacial score (nSPS) is 19.0. The molecule has 1 aliphatic heterocycles. The van der Waals surface area contributed by atoms with E-state index in [0.29, 0.717) is 11.5 Å². The average molecular weight is 297 g/mol. The van der Waals surface area contributed by atoms with E-state index < -0.39 is 5.97 Å². The Bertz CT molecular complexity index is 628. The summed E-state index contributed by atoms with van der Waals surface area (Å²) >= 11 is 0. The van der Waals surface area contributed by atoms with Gasteiger partial charge in [0, 0.05) is 30.9 Å². The zero-order valence-electron chi connectivity index (χ0n) is 12.4. The third-order valence-corrected chi connectivity index (χ3v) is 4.14. The zero-order chi connectivity index (χ0) is 15.4. The maximum atomic E-state index is 10.9. The Morgan fingerprint density at radius 1 is 1.27 bits per heavy atom. The zero-order valence-corrected chi connectivity index (χ0v) is 12.4. The van der Waals surface area contributed by atoms with Gasteiger partial charge in [-0.3, -0.25) is 4.90 Å². The molecule has 0 radical (unpaired) electrons. The van der Waals surface area contributed by atoms with Gasteiger partial charge < -0.3 is 5.11 Å². The van der Waals surface area contributed by atoms with Gasteiger partial charge in [-0.1, -0.05) is 12.1 Å². The molecular weight excluding hydrogens is 278 g/mol. The summed E-state index contributed by atoms with van der Waals surface area (Å²) < 4.78 is 0. The van der Waals surface area contributed by atoms with Crippen molar-refractivity contribution in [3.8, 4) is 0 Å². The molecule has 1 aromatic heterocycles. The highest BCUT2D eigenvalue weighted by atomic mass is 16.4. The lowest BCUT2D eigenvalue weighted by Crippen LogP contribution is -2.34. The summed E-state index contributed by atoms with van der Waals surface area (Å²) in [5, 5.41) is 8.94. The Morgan fingerprint density at radius 3 is 2.77 bits per heavy atom. The molecule has 0 saturated carbocycles. The van der Waals surface area contributed by atoms with Gasteiger partial charge in [0.25, 0.3) is 0 Å². The van der Waals surface area contributed by atoms with Crippen LogP contribution in [0.4, 0.5) is 0 Å². The van der Waals surface area contributed by atoms with Gasteiger partial charge in [-0.05, 0) is 43.1 Å². The Labute approximate surface area is 129 Å². The van der Waals surface area contributed by atoms with Crippen molar-refractivity contribution in [1.29, 1.82) is 0 Å². The SMILES string of the molecule is O=C(O)c1ccc(CN2CCCC(c3ccncn3)C2)cc1. The number of piperidine rings is 1. The van der Waals surface area contributed by atoms with E-state index in [1.165, 1.54) is 0 Å². The van der Waals surface area contributed by atoms with Crippen LogP contribution in [0.5, 0.6) is 0 Å². The van der Waals surface area contributed by atoms with Gasteiger partial charge in [-0.2, -0.15) is 0 Å². The van der Waals surface area contributed by atoms with E-state index in [1.54, 1.807) is 24.7 Å². The van der Waals surface area contributed by atoms with Crippen molar-refractivity contribution < 1.29 is 9.90 Å². The van der Waals surface area contributed by atoms with Crippen LogP contribution in [-0.4, -0.2) is 39.0 Å². The van der Waals surface area contributed by atoms with Crippen molar-refractivity contribution in [3.63, 3.8) is 0 Å². The molecule has 2 aromatic rings. The molecule has 1 N–H and O–H groups in total. The van der Waals surface area contributed by atoms with Crippen LogP contribution in [0.25, 0.3) is 0 Å². The lowest BCUT2D eigenvalue weighted by molar-refractivity contribution is 0.0697. The molecule has 114 valence electrons. The number of rotatable bonds is 4. The molecule has 2 heterocycles. The van der Waals surface area contributed by atoms with Gasteiger partial charge in [0.1, 0.15) is 6.33 Å². The van der Waals surface area contributed by atoms with Crippen LogP contribution in [0.15, 0.2) is 42.9 Å². The van der Waals surface area contributed by atoms with E-state index in [4.69, 9.17) is 5.11 Å². The lowest BCUT2D eigenvalue weighted by atomic mass is 9.94. The first-order valence-corrected chi connectivity index (χ1v) is 7.53. The third kappa shape index (κ3) is 3.49. The molecule has 0 aliphatic carbocycles. The van der Waals surface area contributed by atoms with Crippen LogP contribution in [0.2, 0.25) is 0 Å². The van der Waals surface area contributed by atoms with Crippen molar-refractivity contribution in [2.75, 3.05) is 13.1 Å². The van der Waals surface area contributed by atoms with Crippen molar-refractivity contribution in [3.05, 3.63) is 59.7 Å². The molecule has 3 rings (SSSR count). The predicted octanol–water partition coefficient (Wildman–Crippen LogP) is 2.55. The van der Waals surface area contributed by atoms with Crippen LogP contribution in [-0.2, 0) is 6.54 Å². The predicted molar refractivity (Wildman–Crippen MR) is 82.7 cm³/mol. The number of aromatic nitrogens is 2. The molecule has 22 heavy (non-hydrogen) atoms. The largest absolute Gasteiger partial charge is 0.478 e. The number of benzene rings is 1. The number of carboxylic acids is 1.